The number of aromatic nitrogens is 1. The number of hydrogen-bond acceptors (Lipinski definition) is 2. The Labute approximate surface area is 152 Å². The van der Waals surface area contributed by atoms with Crippen LogP contribution in [0.25, 0.3) is 10.9 Å². The van der Waals surface area contributed by atoms with Crippen LogP contribution in [0.3, 0.4) is 0 Å². The van der Waals surface area contributed by atoms with E-state index in [-0.39, 0.29) is 11.8 Å². The fourth-order valence-corrected chi connectivity index (χ4v) is 3.40. The Kier molecular flexibility index (Phi) is 4.21. The molecular formula is C21H21N3O2. The molecule has 26 heavy (non-hydrogen) atoms. The number of aromatic amines is 1. The second kappa shape index (κ2) is 6.67. The summed E-state index contributed by atoms with van der Waals surface area (Å²) in [5, 5.41) is 3.80. The minimum atomic E-state index is -0.217. The highest BCUT2D eigenvalue weighted by Gasteiger charge is 2.26. The zero-order chi connectivity index (χ0) is 18.1. The molecule has 0 spiro atoms. The van der Waals surface area contributed by atoms with Crippen LogP contribution in [0, 0.1) is 6.92 Å². The lowest BCUT2D eigenvalue weighted by Gasteiger charge is -2.15. The van der Waals surface area contributed by atoms with Crippen molar-refractivity contribution in [3.05, 3.63) is 65.4 Å². The van der Waals surface area contributed by atoms with Gasteiger partial charge in [0.05, 0.1) is 5.69 Å². The number of para-hydroxylation sites is 1. The van der Waals surface area contributed by atoms with Crippen molar-refractivity contribution in [2.45, 2.75) is 19.8 Å². The molecule has 2 aromatic carbocycles. The number of aryl methyl sites for hydroxylation is 1. The SMILES string of the molecule is Cc1ccc(C(=O)Nc2c(C(=O)N3CCCC3)[nH]c3ccccc23)cc1. The molecule has 1 saturated heterocycles. The van der Waals surface area contributed by atoms with E-state index in [2.05, 4.69) is 10.3 Å². The predicted molar refractivity (Wildman–Crippen MR) is 103 cm³/mol. The molecule has 2 amide bonds. The number of rotatable bonds is 3. The van der Waals surface area contributed by atoms with Crippen molar-refractivity contribution >= 4 is 28.4 Å². The normalized spacial score (nSPS) is 14.0. The summed E-state index contributed by atoms with van der Waals surface area (Å²) in [6.07, 6.45) is 2.05. The second-order valence-corrected chi connectivity index (χ2v) is 6.74. The highest BCUT2D eigenvalue weighted by atomic mass is 16.2. The third-order valence-corrected chi connectivity index (χ3v) is 4.87. The maximum atomic E-state index is 12.9. The van der Waals surface area contributed by atoms with Gasteiger partial charge in [-0.3, -0.25) is 9.59 Å². The number of likely N-dealkylation sites (tertiary alicyclic amines) is 1. The molecule has 0 atom stereocenters. The van der Waals surface area contributed by atoms with E-state index in [1.165, 1.54) is 0 Å². The van der Waals surface area contributed by atoms with Crippen LogP contribution in [0.4, 0.5) is 5.69 Å². The third-order valence-electron chi connectivity index (χ3n) is 4.87. The van der Waals surface area contributed by atoms with Gasteiger partial charge >= 0.3 is 0 Å². The molecule has 2 N–H and O–H groups in total. The number of nitrogens with zero attached hydrogens (tertiary/aromatic N) is 1. The Morgan fingerprint density at radius 1 is 1.00 bits per heavy atom. The van der Waals surface area contributed by atoms with Crippen LogP contribution in [-0.4, -0.2) is 34.8 Å². The number of H-pyrrole nitrogens is 1. The van der Waals surface area contributed by atoms with Crippen molar-refractivity contribution in [3.8, 4) is 0 Å². The van der Waals surface area contributed by atoms with Crippen LogP contribution in [0.15, 0.2) is 48.5 Å². The first-order valence-corrected chi connectivity index (χ1v) is 8.91. The number of hydrogen-bond donors (Lipinski definition) is 2. The summed E-state index contributed by atoms with van der Waals surface area (Å²) in [5.74, 6) is -0.275. The minimum absolute atomic E-state index is 0.0575. The molecule has 0 bridgehead atoms. The lowest BCUT2D eigenvalue weighted by Crippen LogP contribution is -2.29. The number of benzene rings is 2. The van der Waals surface area contributed by atoms with Crippen LogP contribution in [0.5, 0.6) is 0 Å². The largest absolute Gasteiger partial charge is 0.349 e. The van der Waals surface area contributed by atoms with E-state index in [0.29, 0.717) is 16.9 Å². The van der Waals surface area contributed by atoms with Gasteiger partial charge in [0.1, 0.15) is 5.69 Å². The molecule has 1 aliphatic rings. The standard InChI is InChI=1S/C21H21N3O2/c1-14-8-10-15(11-9-14)20(25)23-18-16-6-2-3-7-17(16)22-19(18)21(26)24-12-4-5-13-24/h2-3,6-11,22H,4-5,12-13H2,1H3,(H,23,25). The zero-order valence-corrected chi connectivity index (χ0v) is 14.7. The lowest BCUT2D eigenvalue weighted by molar-refractivity contribution is 0.0789. The Morgan fingerprint density at radius 3 is 2.42 bits per heavy atom. The van der Waals surface area contributed by atoms with Gasteiger partial charge in [-0.2, -0.15) is 0 Å². The van der Waals surface area contributed by atoms with Crippen molar-refractivity contribution in [2.75, 3.05) is 18.4 Å². The van der Waals surface area contributed by atoms with Crippen molar-refractivity contribution in [3.63, 3.8) is 0 Å². The van der Waals surface area contributed by atoms with Crippen LogP contribution in [0.2, 0.25) is 0 Å². The van der Waals surface area contributed by atoms with Gasteiger partial charge in [-0.1, -0.05) is 35.9 Å². The smallest absolute Gasteiger partial charge is 0.272 e. The Hall–Kier alpha value is -3.08. The van der Waals surface area contributed by atoms with E-state index >= 15 is 0 Å². The highest BCUT2D eigenvalue weighted by molar-refractivity contribution is 6.15. The molecule has 4 rings (SSSR count). The number of nitrogens with one attached hydrogen (secondary N) is 2. The van der Waals surface area contributed by atoms with Gasteiger partial charge in [-0.05, 0) is 38.0 Å². The molecule has 0 radical (unpaired) electrons. The molecule has 5 heteroatoms. The fraction of sp³-hybridized carbons (Fsp3) is 0.238. The second-order valence-electron chi connectivity index (χ2n) is 6.74. The van der Waals surface area contributed by atoms with Crippen LogP contribution in [0.1, 0.15) is 39.3 Å². The molecule has 1 aromatic heterocycles. The predicted octanol–water partition coefficient (Wildman–Crippen LogP) is 3.96. The van der Waals surface area contributed by atoms with E-state index in [1.807, 2.05) is 48.2 Å². The number of carbonyl (C=O) groups excluding carboxylic acids is 2. The van der Waals surface area contributed by atoms with Crippen molar-refractivity contribution in [1.29, 1.82) is 0 Å². The summed E-state index contributed by atoms with van der Waals surface area (Å²) in [5.41, 5.74) is 3.52. The number of amides is 2. The number of fused-ring (bicyclic) bond motifs is 1. The zero-order valence-electron chi connectivity index (χ0n) is 14.7. The van der Waals surface area contributed by atoms with Crippen molar-refractivity contribution < 1.29 is 9.59 Å². The molecule has 3 aromatic rings. The first-order valence-electron chi connectivity index (χ1n) is 8.91. The number of anilines is 1. The third kappa shape index (κ3) is 2.96. The lowest BCUT2D eigenvalue weighted by atomic mass is 10.1. The average molecular weight is 347 g/mol. The van der Waals surface area contributed by atoms with E-state index in [4.69, 9.17) is 0 Å². The van der Waals surface area contributed by atoms with E-state index in [0.717, 1.165) is 42.4 Å². The topological polar surface area (TPSA) is 65.2 Å². The van der Waals surface area contributed by atoms with Crippen molar-refractivity contribution in [1.82, 2.24) is 9.88 Å². The highest BCUT2D eigenvalue weighted by Crippen LogP contribution is 2.30. The van der Waals surface area contributed by atoms with Crippen molar-refractivity contribution in [2.24, 2.45) is 0 Å². The summed E-state index contributed by atoms with van der Waals surface area (Å²) in [7, 11) is 0. The molecule has 0 aliphatic carbocycles. The molecule has 1 aliphatic heterocycles. The maximum absolute atomic E-state index is 12.9. The summed E-state index contributed by atoms with van der Waals surface area (Å²) in [4.78, 5) is 30.7. The Morgan fingerprint density at radius 2 is 1.69 bits per heavy atom. The summed E-state index contributed by atoms with van der Waals surface area (Å²) < 4.78 is 0. The van der Waals surface area contributed by atoms with Gasteiger partial charge in [-0.15, -0.1) is 0 Å². The first-order chi connectivity index (χ1) is 12.6. The molecule has 0 unspecified atom stereocenters. The van der Waals surface area contributed by atoms with Gasteiger partial charge in [-0.25, -0.2) is 0 Å². The molecular weight excluding hydrogens is 326 g/mol. The monoisotopic (exact) mass is 347 g/mol. The Bertz CT molecular complexity index is 967. The van der Waals surface area contributed by atoms with Gasteiger partial charge < -0.3 is 15.2 Å². The minimum Gasteiger partial charge on any atom is -0.349 e. The molecule has 2 heterocycles. The van der Waals surface area contributed by atoms with E-state index < -0.39 is 0 Å². The van der Waals surface area contributed by atoms with Crippen LogP contribution >= 0.6 is 0 Å². The maximum Gasteiger partial charge on any atom is 0.272 e. The summed E-state index contributed by atoms with van der Waals surface area (Å²) in [6.45, 7) is 3.51. The molecule has 1 fully saturated rings. The van der Waals surface area contributed by atoms with Gasteiger partial charge in [0.15, 0.2) is 0 Å². The van der Waals surface area contributed by atoms with Crippen LogP contribution in [-0.2, 0) is 0 Å². The first kappa shape index (κ1) is 16.4. The summed E-state index contributed by atoms with van der Waals surface area (Å²) in [6, 6.07) is 15.0. The number of carbonyl (C=O) groups is 2. The van der Waals surface area contributed by atoms with E-state index in [9.17, 15) is 9.59 Å². The van der Waals surface area contributed by atoms with Gasteiger partial charge in [0, 0.05) is 29.6 Å². The average Bonchev–Trinajstić information content (AvgIpc) is 3.30. The molecule has 132 valence electrons. The summed E-state index contributed by atoms with van der Waals surface area (Å²) >= 11 is 0. The van der Waals surface area contributed by atoms with Crippen LogP contribution < -0.4 is 5.32 Å². The molecule has 0 saturated carbocycles. The van der Waals surface area contributed by atoms with Gasteiger partial charge in [0.25, 0.3) is 11.8 Å². The quantitative estimate of drug-likeness (QED) is 0.753. The van der Waals surface area contributed by atoms with Gasteiger partial charge in [0.2, 0.25) is 0 Å². The fourth-order valence-electron chi connectivity index (χ4n) is 3.40. The molecule has 5 nitrogen and oxygen atoms in total. The van der Waals surface area contributed by atoms with E-state index in [1.54, 1.807) is 12.1 Å². The Balaban J connectivity index is 1.72.